The van der Waals surface area contributed by atoms with Crippen LogP contribution in [-0.4, -0.2) is 79.3 Å². The van der Waals surface area contributed by atoms with Crippen molar-refractivity contribution in [1.82, 2.24) is 4.90 Å². The number of fused-ring (bicyclic) bond motifs is 3. The summed E-state index contributed by atoms with van der Waals surface area (Å²) in [6.45, 7) is 1.91. The number of nitrogens with zero attached hydrogens (tertiary/aromatic N) is 1. The number of allylic oxidation sites excluding steroid dienone is 1. The van der Waals surface area contributed by atoms with Crippen LogP contribution in [-0.2, 0) is 20.8 Å². The largest absolute Gasteiger partial charge is 0.510 e. The molecular formula is C26H31Br2N3O8. The minimum Gasteiger partial charge on any atom is -0.510 e. The first-order valence-corrected chi connectivity index (χ1v) is 13.1. The third-order valence-electron chi connectivity index (χ3n) is 7.68. The number of ketones is 2. The van der Waals surface area contributed by atoms with E-state index in [9.17, 15) is 39.6 Å². The molecular weight excluding hydrogens is 642 g/mol. The number of alkyl halides is 1. The summed E-state index contributed by atoms with van der Waals surface area (Å²) in [5.74, 6) is -7.59. The maximum atomic E-state index is 13.7. The van der Waals surface area contributed by atoms with Gasteiger partial charge in [-0.15, -0.1) is 17.0 Å². The van der Waals surface area contributed by atoms with Gasteiger partial charge in [-0.2, -0.15) is 0 Å². The van der Waals surface area contributed by atoms with Crippen LogP contribution in [0.1, 0.15) is 42.1 Å². The molecule has 0 radical (unpaired) electrons. The van der Waals surface area contributed by atoms with Crippen molar-refractivity contribution in [1.29, 1.82) is 0 Å². The molecule has 1 aromatic carbocycles. The lowest BCUT2D eigenvalue weighted by molar-refractivity contribution is -0.148. The van der Waals surface area contributed by atoms with E-state index in [4.69, 9.17) is 5.73 Å². The number of nitrogens with one attached hydrogen (secondary N) is 1. The van der Waals surface area contributed by atoms with E-state index in [-0.39, 0.29) is 46.6 Å². The fraction of sp³-hybridized carbons (Fsp3) is 0.462. The number of primary amides is 1. The average Bonchev–Trinajstić information content (AvgIpc) is 2.82. The van der Waals surface area contributed by atoms with Crippen molar-refractivity contribution < 1.29 is 39.6 Å². The number of likely N-dealkylation sites (N-methyl/N-ethyl adjacent to an activating group) is 1. The summed E-state index contributed by atoms with van der Waals surface area (Å²) in [6, 6.07) is 2.03. The molecule has 13 heteroatoms. The Bertz CT molecular complexity index is 1320. The van der Waals surface area contributed by atoms with Gasteiger partial charge in [-0.3, -0.25) is 24.1 Å². The number of rotatable bonds is 6. The fourth-order valence-electron chi connectivity index (χ4n) is 5.92. The predicted octanol–water partition coefficient (Wildman–Crippen LogP) is 2.20. The molecule has 0 spiro atoms. The van der Waals surface area contributed by atoms with Gasteiger partial charge in [0.2, 0.25) is 11.7 Å². The van der Waals surface area contributed by atoms with Crippen LogP contribution >= 0.6 is 32.9 Å². The summed E-state index contributed by atoms with van der Waals surface area (Å²) in [5, 5.41) is 47.3. The minimum atomic E-state index is -2.70. The number of anilines is 1. The maximum Gasteiger partial charge on any atom is 0.255 e. The van der Waals surface area contributed by atoms with Crippen LogP contribution in [0.5, 0.6) is 5.75 Å². The van der Waals surface area contributed by atoms with Crippen molar-refractivity contribution in [2.45, 2.75) is 49.1 Å². The Balaban J connectivity index is 0.00000420. The summed E-state index contributed by atoms with van der Waals surface area (Å²) < 4.78 is 0. The lowest BCUT2D eigenvalue weighted by Crippen LogP contribution is -2.63. The number of phenolic OH excluding ortho intramolecular Hbond substituents is 1. The van der Waals surface area contributed by atoms with E-state index in [1.807, 2.05) is 6.92 Å². The highest BCUT2D eigenvalue weighted by molar-refractivity contribution is 9.10. The summed E-state index contributed by atoms with van der Waals surface area (Å²) in [7, 11) is 3.14. The van der Waals surface area contributed by atoms with E-state index in [2.05, 4.69) is 21.2 Å². The molecule has 0 saturated heterocycles. The number of aliphatic hydroxyl groups excluding tert-OH is 2. The Labute approximate surface area is 243 Å². The number of aromatic hydroxyl groups is 1. The zero-order chi connectivity index (χ0) is 28.3. The number of Topliss-reactive ketones (excluding diaryl/α,β-unsaturated/α-hetero) is 2. The molecule has 11 nitrogen and oxygen atoms in total. The third-order valence-corrected chi connectivity index (χ3v) is 8.55. The number of hydrogen-bond acceptors (Lipinski definition) is 9. The highest BCUT2D eigenvalue weighted by atomic mass is 79.9. The SMILES string of the molecule is Br.CCCC(Br)C(=O)Nc1ccc2c(c1O)C(=O)C1=C(O)C3(O)C(=O)C(C(N)=O)=C(O)[C@@H](N(C)C)C3CC1C2. The average molecular weight is 673 g/mol. The molecule has 0 bridgehead atoms. The standard InChI is InChI=1S/C26H30BrN3O8.BrH/c1-4-5-13(27)25(37)29-14-7-6-10-8-11-9-12-18(30(2)3)21(33)17(24(28)36)23(35)26(12,38)22(34)16(11)20(32)15(10)19(14)31;/h6-7,11-13,18,31,33-34,38H,4-5,8-9H2,1-3H3,(H2,28,36)(H,29,37);1H/t11?,12?,13?,18-,26?;/m0./s1. The first kappa shape index (κ1) is 30.8. The van der Waals surface area contributed by atoms with Crippen molar-refractivity contribution >= 4 is 62.0 Å². The number of carbonyl (C=O) groups is 4. The van der Waals surface area contributed by atoms with Gasteiger partial charge in [-0.05, 0) is 50.9 Å². The molecule has 4 unspecified atom stereocenters. The number of benzene rings is 1. The van der Waals surface area contributed by atoms with Gasteiger partial charge >= 0.3 is 0 Å². The molecule has 0 fully saturated rings. The maximum absolute atomic E-state index is 13.7. The number of halogens is 2. The topological polar surface area (TPSA) is 190 Å². The molecule has 3 aliphatic carbocycles. The molecule has 212 valence electrons. The van der Waals surface area contributed by atoms with Gasteiger partial charge in [0.05, 0.1) is 22.1 Å². The zero-order valence-corrected chi connectivity index (χ0v) is 24.8. The molecule has 0 heterocycles. The van der Waals surface area contributed by atoms with Crippen LogP contribution in [0.3, 0.4) is 0 Å². The van der Waals surface area contributed by atoms with E-state index in [1.165, 1.54) is 11.0 Å². The molecule has 2 amide bonds. The van der Waals surface area contributed by atoms with Crippen molar-refractivity contribution in [3.05, 3.63) is 45.9 Å². The van der Waals surface area contributed by atoms with E-state index < -0.39 is 74.5 Å². The molecule has 7 N–H and O–H groups in total. The van der Waals surface area contributed by atoms with Crippen LogP contribution in [0.4, 0.5) is 5.69 Å². The van der Waals surface area contributed by atoms with Gasteiger partial charge in [0.1, 0.15) is 17.1 Å². The number of hydrogen-bond donors (Lipinski definition) is 6. The summed E-state index contributed by atoms with van der Waals surface area (Å²) in [4.78, 5) is 52.5. The van der Waals surface area contributed by atoms with Crippen LogP contribution in [0.2, 0.25) is 0 Å². The number of phenols is 1. The minimum absolute atomic E-state index is 0. The third kappa shape index (κ3) is 4.68. The van der Waals surface area contributed by atoms with Crippen molar-refractivity contribution in [3.8, 4) is 5.75 Å². The molecule has 0 aromatic heterocycles. The van der Waals surface area contributed by atoms with E-state index in [0.29, 0.717) is 12.0 Å². The molecule has 39 heavy (non-hydrogen) atoms. The summed E-state index contributed by atoms with van der Waals surface area (Å²) in [5.41, 5.74) is 1.82. The lowest BCUT2D eigenvalue weighted by atomic mass is 9.58. The first-order chi connectivity index (χ1) is 17.8. The number of nitrogens with two attached hydrogens (primary N) is 1. The lowest BCUT2D eigenvalue weighted by Gasteiger charge is -2.50. The van der Waals surface area contributed by atoms with Crippen LogP contribution in [0.25, 0.3) is 0 Å². The van der Waals surface area contributed by atoms with Gasteiger partial charge in [0, 0.05) is 11.5 Å². The summed E-state index contributed by atoms with van der Waals surface area (Å²) >= 11 is 3.29. The Hall–Kier alpha value is -2.74. The van der Waals surface area contributed by atoms with E-state index in [1.54, 1.807) is 20.2 Å². The van der Waals surface area contributed by atoms with Gasteiger partial charge in [0.15, 0.2) is 17.1 Å². The van der Waals surface area contributed by atoms with Crippen LogP contribution < -0.4 is 11.1 Å². The highest BCUT2D eigenvalue weighted by Crippen LogP contribution is 2.52. The highest BCUT2D eigenvalue weighted by Gasteiger charge is 2.63. The van der Waals surface area contributed by atoms with Gasteiger partial charge < -0.3 is 31.5 Å². The molecule has 0 saturated carbocycles. The van der Waals surface area contributed by atoms with E-state index >= 15 is 0 Å². The normalized spacial score (nSPS) is 26.9. The second kappa shape index (κ2) is 11.0. The fourth-order valence-corrected chi connectivity index (χ4v) is 6.49. The monoisotopic (exact) mass is 671 g/mol. The van der Waals surface area contributed by atoms with Crippen LogP contribution in [0, 0.1) is 11.8 Å². The Morgan fingerprint density at radius 3 is 2.44 bits per heavy atom. The smallest absolute Gasteiger partial charge is 0.255 e. The predicted molar refractivity (Wildman–Crippen MR) is 150 cm³/mol. The van der Waals surface area contributed by atoms with Gasteiger partial charge in [0.25, 0.3) is 5.91 Å². The number of carbonyl (C=O) groups excluding carboxylic acids is 4. The molecule has 1 aromatic rings. The second-order valence-electron chi connectivity index (χ2n) is 10.2. The van der Waals surface area contributed by atoms with Gasteiger partial charge in [-0.25, -0.2) is 0 Å². The Morgan fingerprint density at radius 2 is 1.87 bits per heavy atom. The van der Waals surface area contributed by atoms with Crippen molar-refractivity contribution in [3.63, 3.8) is 0 Å². The second-order valence-corrected chi connectivity index (χ2v) is 11.3. The Morgan fingerprint density at radius 1 is 1.23 bits per heavy atom. The van der Waals surface area contributed by atoms with Crippen molar-refractivity contribution in [2.24, 2.45) is 17.6 Å². The van der Waals surface area contributed by atoms with E-state index in [0.717, 1.165) is 6.42 Å². The molecule has 5 atom stereocenters. The zero-order valence-electron chi connectivity index (χ0n) is 21.5. The van der Waals surface area contributed by atoms with Crippen LogP contribution in [0.15, 0.2) is 34.8 Å². The Kier molecular flexibility index (Phi) is 8.71. The first-order valence-electron chi connectivity index (χ1n) is 12.2. The quantitative estimate of drug-likeness (QED) is 0.149. The molecule has 3 aliphatic rings. The van der Waals surface area contributed by atoms with Crippen molar-refractivity contribution in [2.75, 3.05) is 19.4 Å². The number of amides is 2. The molecule has 4 rings (SSSR count). The van der Waals surface area contributed by atoms with Gasteiger partial charge in [-0.1, -0.05) is 35.3 Å². The molecule has 0 aliphatic heterocycles. The summed E-state index contributed by atoms with van der Waals surface area (Å²) in [6.07, 6.45) is 1.48. The number of aliphatic hydroxyl groups is 3.